The highest BCUT2D eigenvalue weighted by Gasteiger charge is 2.33. The molecule has 4 rings (SSSR count). The van der Waals surface area contributed by atoms with Crippen LogP contribution < -0.4 is 10.6 Å². The van der Waals surface area contributed by atoms with Crippen LogP contribution in [0.3, 0.4) is 0 Å². The Morgan fingerprint density at radius 2 is 0.867 bits per heavy atom. The molecule has 150 valence electrons. The standard InChI is InChI=1S/C28H28N2/c1-5-13-24(14-6-1)21-29-23-28(26-17-9-3-10-18-26,27-19-11-4-12-20-27)30-22-25-15-7-2-8-16-25/h1-20,29-30H,21-23H2. The molecule has 0 aliphatic carbocycles. The fourth-order valence-electron chi connectivity index (χ4n) is 3.92. The van der Waals surface area contributed by atoms with Crippen LogP contribution in [0.4, 0.5) is 0 Å². The second kappa shape index (κ2) is 10.0. The van der Waals surface area contributed by atoms with Crippen LogP contribution in [0.25, 0.3) is 0 Å². The van der Waals surface area contributed by atoms with Gasteiger partial charge in [0.15, 0.2) is 0 Å². The molecule has 30 heavy (non-hydrogen) atoms. The molecular formula is C28H28N2. The first-order chi connectivity index (χ1) is 14.9. The minimum Gasteiger partial charge on any atom is -0.310 e. The molecule has 0 bridgehead atoms. The van der Waals surface area contributed by atoms with Gasteiger partial charge in [0, 0.05) is 19.6 Å². The summed E-state index contributed by atoms with van der Waals surface area (Å²) in [6, 6.07) is 42.7. The van der Waals surface area contributed by atoms with E-state index in [2.05, 4.69) is 132 Å². The van der Waals surface area contributed by atoms with E-state index in [1.807, 2.05) is 0 Å². The zero-order valence-corrected chi connectivity index (χ0v) is 17.2. The first kappa shape index (κ1) is 20.1. The lowest BCUT2D eigenvalue weighted by molar-refractivity contribution is 0.371. The fraction of sp³-hybridized carbons (Fsp3) is 0.143. The van der Waals surface area contributed by atoms with Crippen molar-refractivity contribution in [1.82, 2.24) is 10.6 Å². The van der Waals surface area contributed by atoms with Gasteiger partial charge in [-0.25, -0.2) is 0 Å². The van der Waals surface area contributed by atoms with E-state index in [9.17, 15) is 0 Å². The molecule has 0 saturated heterocycles. The van der Waals surface area contributed by atoms with Gasteiger partial charge >= 0.3 is 0 Å². The molecule has 2 heteroatoms. The van der Waals surface area contributed by atoms with Gasteiger partial charge in [0.1, 0.15) is 0 Å². The number of hydrogen-bond donors (Lipinski definition) is 2. The van der Waals surface area contributed by atoms with Crippen LogP contribution in [0.5, 0.6) is 0 Å². The molecule has 0 radical (unpaired) electrons. The van der Waals surface area contributed by atoms with E-state index in [-0.39, 0.29) is 5.54 Å². The SMILES string of the molecule is c1ccc(CNCC(NCc2ccccc2)(c2ccccc2)c2ccccc2)cc1. The highest BCUT2D eigenvalue weighted by atomic mass is 15.0. The molecule has 2 N–H and O–H groups in total. The number of benzene rings is 4. The zero-order valence-electron chi connectivity index (χ0n) is 17.2. The van der Waals surface area contributed by atoms with Crippen molar-refractivity contribution in [3.63, 3.8) is 0 Å². The summed E-state index contributed by atoms with van der Waals surface area (Å²) in [5.74, 6) is 0. The Morgan fingerprint density at radius 3 is 1.33 bits per heavy atom. The van der Waals surface area contributed by atoms with Gasteiger partial charge in [-0.2, -0.15) is 0 Å². The quantitative estimate of drug-likeness (QED) is 0.392. The van der Waals surface area contributed by atoms with Gasteiger partial charge in [0.2, 0.25) is 0 Å². The van der Waals surface area contributed by atoms with Gasteiger partial charge in [-0.15, -0.1) is 0 Å². The van der Waals surface area contributed by atoms with Gasteiger partial charge in [0.05, 0.1) is 5.54 Å². The average Bonchev–Trinajstić information content (AvgIpc) is 2.84. The minimum atomic E-state index is -0.340. The van der Waals surface area contributed by atoms with Gasteiger partial charge in [-0.1, -0.05) is 121 Å². The molecule has 4 aromatic carbocycles. The Hall–Kier alpha value is -3.20. The van der Waals surface area contributed by atoms with Crippen LogP contribution >= 0.6 is 0 Å². The molecule has 0 aliphatic heterocycles. The van der Waals surface area contributed by atoms with E-state index in [1.54, 1.807) is 0 Å². The largest absolute Gasteiger partial charge is 0.310 e. The lowest BCUT2D eigenvalue weighted by Crippen LogP contribution is -2.50. The Kier molecular flexibility index (Phi) is 6.71. The van der Waals surface area contributed by atoms with Crippen molar-refractivity contribution >= 4 is 0 Å². The lowest BCUT2D eigenvalue weighted by Gasteiger charge is -2.37. The van der Waals surface area contributed by atoms with Gasteiger partial charge in [-0.3, -0.25) is 5.32 Å². The Balaban J connectivity index is 1.66. The maximum absolute atomic E-state index is 3.91. The molecule has 0 spiro atoms. The molecule has 0 saturated carbocycles. The van der Waals surface area contributed by atoms with Crippen molar-refractivity contribution in [2.24, 2.45) is 0 Å². The van der Waals surface area contributed by atoms with E-state index < -0.39 is 0 Å². The van der Waals surface area contributed by atoms with Crippen molar-refractivity contribution in [3.8, 4) is 0 Å². The van der Waals surface area contributed by atoms with Crippen molar-refractivity contribution in [2.45, 2.75) is 18.6 Å². The summed E-state index contributed by atoms with van der Waals surface area (Å²) in [6.07, 6.45) is 0. The third kappa shape index (κ3) is 4.85. The third-order valence-corrected chi connectivity index (χ3v) is 5.53. The van der Waals surface area contributed by atoms with Crippen LogP contribution in [-0.2, 0) is 18.6 Å². The monoisotopic (exact) mass is 392 g/mol. The Morgan fingerprint density at radius 1 is 0.467 bits per heavy atom. The summed E-state index contributed by atoms with van der Waals surface area (Å²) in [6.45, 7) is 2.40. The summed E-state index contributed by atoms with van der Waals surface area (Å²) in [7, 11) is 0. The molecular weight excluding hydrogens is 364 g/mol. The van der Waals surface area contributed by atoms with Crippen LogP contribution in [0, 0.1) is 0 Å². The molecule has 0 aliphatic rings. The smallest absolute Gasteiger partial charge is 0.0819 e. The summed E-state index contributed by atoms with van der Waals surface area (Å²) < 4.78 is 0. The molecule has 0 amide bonds. The maximum Gasteiger partial charge on any atom is 0.0819 e. The lowest BCUT2D eigenvalue weighted by atomic mass is 9.82. The molecule has 0 unspecified atom stereocenters. The van der Waals surface area contributed by atoms with Crippen molar-refractivity contribution < 1.29 is 0 Å². The molecule has 4 aromatic rings. The molecule has 0 heterocycles. The van der Waals surface area contributed by atoms with E-state index in [0.29, 0.717) is 0 Å². The zero-order chi connectivity index (χ0) is 20.5. The van der Waals surface area contributed by atoms with Crippen LogP contribution in [-0.4, -0.2) is 6.54 Å². The normalized spacial score (nSPS) is 11.3. The summed E-state index contributed by atoms with van der Waals surface area (Å²) >= 11 is 0. The summed E-state index contributed by atoms with van der Waals surface area (Å²) in [4.78, 5) is 0. The highest BCUT2D eigenvalue weighted by Crippen LogP contribution is 2.30. The number of rotatable bonds is 9. The van der Waals surface area contributed by atoms with E-state index in [4.69, 9.17) is 0 Å². The Labute approximate surface area is 179 Å². The van der Waals surface area contributed by atoms with Crippen molar-refractivity contribution in [1.29, 1.82) is 0 Å². The number of hydrogen-bond acceptors (Lipinski definition) is 2. The van der Waals surface area contributed by atoms with E-state index >= 15 is 0 Å². The van der Waals surface area contributed by atoms with Crippen LogP contribution in [0.15, 0.2) is 121 Å². The number of nitrogens with one attached hydrogen (secondary N) is 2. The molecule has 0 fully saturated rings. The first-order valence-corrected chi connectivity index (χ1v) is 10.5. The van der Waals surface area contributed by atoms with Crippen molar-refractivity contribution in [2.75, 3.05) is 6.54 Å². The Bertz CT molecular complexity index is 960. The minimum absolute atomic E-state index is 0.340. The first-order valence-electron chi connectivity index (χ1n) is 10.5. The summed E-state index contributed by atoms with van der Waals surface area (Å²) in [5, 5.41) is 7.62. The molecule has 2 nitrogen and oxygen atoms in total. The fourth-order valence-corrected chi connectivity index (χ4v) is 3.92. The topological polar surface area (TPSA) is 24.1 Å². The van der Waals surface area contributed by atoms with Crippen LogP contribution in [0.1, 0.15) is 22.3 Å². The maximum atomic E-state index is 3.91. The molecule has 0 aromatic heterocycles. The average molecular weight is 393 g/mol. The van der Waals surface area contributed by atoms with Gasteiger partial charge in [-0.05, 0) is 22.3 Å². The summed E-state index contributed by atoms with van der Waals surface area (Å²) in [5.41, 5.74) is 4.74. The van der Waals surface area contributed by atoms with Crippen molar-refractivity contribution in [3.05, 3.63) is 144 Å². The molecule has 0 atom stereocenters. The van der Waals surface area contributed by atoms with E-state index in [0.717, 1.165) is 19.6 Å². The highest BCUT2D eigenvalue weighted by molar-refractivity contribution is 5.39. The predicted molar refractivity (Wildman–Crippen MR) is 125 cm³/mol. The predicted octanol–water partition coefficient (Wildman–Crippen LogP) is 5.51. The second-order valence-corrected chi connectivity index (χ2v) is 7.57. The van der Waals surface area contributed by atoms with Crippen LogP contribution in [0.2, 0.25) is 0 Å². The van der Waals surface area contributed by atoms with E-state index in [1.165, 1.54) is 22.3 Å². The van der Waals surface area contributed by atoms with Gasteiger partial charge in [0.25, 0.3) is 0 Å². The second-order valence-electron chi connectivity index (χ2n) is 7.57. The van der Waals surface area contributed by atoms with Gasteiger partial charge < -0.3 is 5.32 Å². The third-order valence-electron chi connectivity index (χ3n) is 5.53.